The minimum Gasteiger partial charge on any atom is -0.481 e. The van der Waals surface area contributed by atoms with Gasteiger partial charge in [-0.25, -0.2) is 4.98 Å². The molecule has 2 rings (SSSR count). The van der Waals surface area contributed by atoms with E-state index in [9.17, 15) is 4.79 Å². The Morgan fingerprint density at radius 2 is 2.33 bits per heavy atom. The maximum absolute atomic E-state index is 11.8. The maximum atomic E-state index is 11.8. The average molecular weight is 292 g/mol. The molecule has 0 aliphatic heterocycles. The molecule has 5 heteroatoms. The molecule has 0 amide bonds. The van der Waals surface area contributed by atoms with Crippen LogP contribution in [0.15, 0.2) is 18.3 Å². The van der Waals surface area contributed by atoms with Crippen molar-refractivity contribution in [3.05, 3.63) is 23.9 Å². The summed E-state index contributed by atoms with van der Waals surface area (Å²) in [5.74, 6) is 0.625. The Labute approximate surface area is 126 Å². The fourth-order valence-electron chi connectivity index (χ4n) is 2.78. The van der Waals surface area contributed by atoms with E-state index in [1.807, 2.05) is 19.1 Å². The summed E-state index contributed by atoms with van der Waals surface area (Å²) in [4.78, 5) is 15.9. The van der Waals surface area contributed by atoms with Crippen molar-refractivity contribution in [2.75, 3.05) is 13.7 Å². The lowest BCUT2D eigenvalue weighted by Gasteiger charge is -2.28. The molecule has 2 unspecified atom stereocenters. The van der Waals surface area contributed by atoms with Crippen LogP contribution in [0.4, 0.5) is 0 Å². The van der Waals surface area contributed by atoms with E-state index in [0.717, 1.165) is 37.8 Å². The Bertz CT molecular complexity index is 465. The molecule has 1 aliphatic carbocycles. The van der Waals surface area contributed by atoms with Gasteiger partial charge in [0.05, 0.1) is 19.6 Å². The molecule has 1 aliphatic rings. The van der Waals surface area contributed by atoms with Crippen molar-refractivity contribution in [3.8, 4) is 5.88 Å². The van der Waals surface area contributed by atoms with Crippen LogP contribution in [0.25, 0.3) is 0 Å². The number of rotatable bonds is 6. The number of aromatic nitrogens is 1. The molecule has 116 valence electrons. The molecule has 2 atom stereocenters. The average Bonchev–Trinajstić information content (AvgIpc) is 2.53. The molecule has 21 heavy (non-hydrogen) atoms. The number of esters is 1. The Kier molecular flexibility index (Phi) is 5.99. The van der Waals surface area contributed by atoms with Gasteiger partial charge in [0.2, 0.25) is 5.88 Å². The second kappa shape index (κ2) is 7.98. The molecule has 0 bridgehead atoms. The Morgan fingerprint density at radius 1 is 1.48 bits per heavy atom. The molecular formula is C16H24N2O3. The van der Waals surface area contributed by atoms with E-state index in [2.05, 4.69) is 10.3 Å². The van der Waals surface area contributed by atoms with Crippen LogP contribution in [-0.2, 0) is 16.1 Å². The highest BCUT2D eigenvalue weighted by Gasteiger charge is 2.27. The minimum absolute atomic E-state index is 0.0446. The quantitative estimate of drug-likeness (QED) is 0.815. The van der Waals surface area contributed by atoms with E-state index in [4.69, 9.17) is 9.47 Å². The summed E-state index contributed by atoms with van der Waals surface area (Å²) in [5, 5.41) is 3.53. The third-order valence-electron chi connectivity index (χ3n) is 3.90. The lowest BCUT2D eigenvalue weighted by atomic mass is 9.85. The number of nitrogens with one attached hydrogen (secondary N) is 1. The number of carbonyl (C=O) groups is 1. The van der Waals surface area contributed by atoms with Gasteiger partial charge in [0, 0.05) is 24.8 Å². The molecule has 0 radical (unpaired) electrons. The zero-order chi connectivity index (χ0) is 15.1. The van der Waals surface area contributed by atoms with Crippen molar-refractivity contribution in [2.24, 2.45) is 5.92 Å². The summed E-state index contributed by atoms with van der Waals surface area (Å²) in [6.07, 6.45) is 5.73. The summed E-state index contributed by atoms with van der Waals surface area (Å²) >= 11 is 0. The van der Waals surface area contributed by atoms with Crippen LogP contribution < -0.4 is 10.1 Å². The Morgan fingerprint density at radius 3 is 3.10 bits per heavy atom. The van der Waals surface area contributed by atoms with Crippen molar-refractivity contribution in [1.29, 1.82) is 0 Å². The van der Waals surface area contributed by atoms with E-state index in [-0.39, 0.29) is 11.9 Å². The van der Waals surface area contributed by atoms with E-state index in [1.54, 1.807) is 13.3 Å². The number of hydrogen-bond acceptors (Lipinski definition) is 5. The molecule has 1 heterocycles. The lowest BCUT2D eigenvalue weighted by molar-refractivity contribution is -0.149. The summed E-state index contributed by atoms with van der Waals surface area (Å²) in [5.41, 5.74) is 1.14. The molecule has 1 aromatic heterocycles. The zero-order valence-electron chi connectivity index (χ0n) is 12.8. The summed E-state index contributed by atoms with van der Waals surface area (Å²) in [6, 6.07) is 4.27. The SMILES string of the molecule is CCOC(=O)C1CCCC(NCc2ccnc(OC)c2)C1. The first-order valence-corrected chi connectivity index (χ1v) is 7.62. The summed E-state index contributed by atoms with van der Waals surface area (Å²) < 4.78 is 10.3. The van der Waals surface area contributed by atoms with Gasteiger partial charge >= 0.3 is 5.97 Å². The third kappa shape index (κ3) is 4.70. The van der Waals surface area contributed by atoms with Gasteiger partial charge in [-0.2, -0.15) is 0 Å². The Hall–Kier alpha value is -1.62. The van der Waals surface area contributed by atoms with Gasteiger partial charge in [-0.3, -0.25) is 4.79 Å². The van der Waals surface area contributed by atoms with Crippen molar-refractivity contribution >= 4 is 5.97 Å². The standard InChI is InChI=1S/C16H24N2O3/c1-3-21-16(19)13-5-4-6-14(10-13)18-11-12-7-8-17-15(9-12)20-2/h7-9,13-14,18H,3-6,10-11H2,1-2H3. The van der Waals surface area contributed by atoms with Crippen molar-refractivity contribution in [2.45, 2.75) is 45.2 Å². The van der Waals surface area contributed by atoms with Crippen LogP contribution in [0.3, 0.4) is 0 Å². The molecule has 5 nitrogen and oxygen atoms in total. The molecule has 1 N–H and O–H groups in total. The van der Waals surface area contributed by atoms with Crippen LogP contribution in [0.2, 0.25) is 0 Å². The maximum Gasteiger partial charge on any atom is 0.308 e. The molecule has 1 saturated carbocycles. The van der Waals surface area contributed by atoms with Crippen molar-refractivity contribution in [1.82, 2.24) is 10.3 Å². The molecule has 1 fully saturated rings. The predicted molar refractivity (Wildman–Crippen MR) is 80.0 cm³/mol. The smallest absolute Gasteiger partial charge is 0.308 e. The van der Waals surface area contributed by atoms with Gasteiger partial charge in [-0.15, -0.1) is 0 Å². The number of nitrogens with zero attached hydrogens (tertiary/aromatic N) is 1. The number of ether oxygens (including phenoxy) is 2. The second-order valence-corrected chi connectivity index (χ2v) is 5.40. The first-order valence-electron chi connectivity index (χ1n) is 7.62. The van der Waals surface area contributed by atoms with Gasteiger partial charge in [-0.1, -0.05) is 6.42 Å². The number of carbonyl (C=O) groups excluding carboxylic acids is 1. The third-order valence-corrected chi connectivity index (χ3v) is 3.90. The first kappa shape index (κ1) is 15.8. The lowest BCUT2D eigenvalue weighted by Crippen LogP contribution is -2.36. The number of pyridine rings is 1. The molecule has 1 aromatic rings. The van der Waals surface area contributed by atoms with Crippen LogP contribution in [0.1, 0.15) is 38.2 Å². The van der Waals surface area contributed by atoms with Crippen LogP contribution >= 0.6 is 0 Å². The summed E-state index contributed by atoms with van der Waals surface area (Å²) in [6.45, 7) is 3.08. The Balaban J connectivity index is 1.83. The van der Waals surface area contributed by atoms with E-state index in [1.165, 1.54) is 0 Å². The minimum atomic E-state index is -0.0467. The van der Waals surface area contributed by atoms with E-state index >= 15 is 0 Å². The van der Waals surface area contributed by atoms with Crippen LogP contribution in [0, 0.1) is 5.92 Å². The fraction of sp³-hybridized carbons (Fsp3) is 0.625. The van der Waals surface area contributed by atoms with Gasteiger partial charge < -0.3 is 14.8 Å². The normalized spacial score (nSPS) is 21.8. The monoisotopic (exact) mass is 292 g/mol. The largest absolute Gasteiger partial charge is 0.481 e. The topological polar surface area (TPSA) is 60.5 Å². The predicted octanol–water partition coefficient (Wildman–Crippen LogP) is 2.30. The van der Waals surface area contributed by atoms with E-state index in [0.29, 0.717) is 18.5 Å². The van der Waals surface area contributed by atoms with Gasteiger partial charge in [0.15, 0.2) is 0 Å². The van der Waals surface area contributed by atoms with E-state index < -0.39 is 0 Å². The molecule has 0 aromatic carbocycles. The highest BCUT2D eigenvalue weighted by Crippen LogP contribution is 2.25. The zero-order valence-corrected chi connectivity index (χ0v) is 12.8. The number of methoxy groups -OCH3 is 1. The van der Waals surface area contributed by atoms with Crippen LogP contribution in [0.5, 0.6) is 5.88 Å². The van der Waals surface area contributed by atoms with Crippen molar-refractivity contribution < 1.29 is 14.3 Å². The molecular weight excluding hydrogens is 268 g/mol. The van der Waals surface area contributed by atoms with Gasteiger partial charge in [0.1, 0.15) is 0 Å². The second-order valence-electron chi connectivity index (χ2n) is 5.40. The molecule has 0 saturated heterocycles. The number of hydrogen-bond donors (Lipinski definition) is 1. The van der Waals surface area contributed by atoms with Crippen molar-refractivity contribution in [3.63, 3.8) is 0 Å². The summed E-state index contributed by atoms with van der Waals surface area (Å²) in [7, 11) is 1.62. The van der Waals surface area contributed by atoms with Gasteiger partial charge in [0.25, 0.3) is 0 Å². The molecule has 0 spiro atoms. The fourth-order valence-corrected chi connectivity index (χ4v) is 2.78. The highest BCUT2D eigenvalue weighted by molar-refractivity contribution is 5.72. The highest BCUT2D eigenvalue weighted by atomic mass is 16.5. The van der Waals surface area contributed by atoms with Gasteiger partial charge in [-0.05, 0) is 37.8 Å². The first-order chi connectivity index (χ1) is 10.2. The van der Waals surface area contributed by atoms with Crippen LogP contribution in [-0.4, -0.2) is 30.7 Å².